The number of nitrogens with zero attached hydrogens (tertiary/aromatic N) is 2. The molecule has 1 fully saturated rings. The number of carbonyl (C=O) groups excluding carboxylic acids is 1. The van der Waals surface area contributed by atoms with Crippen LogP contribution in [0.1, 0.15) is 18.5 Å². The summed E-state index contributed by atoms with van der Waals surface area (Å²) in [6.45, 7) is 0.273. The van der Waals surface area contributed by atoms with Crippen LogP contribution in [0.25, 0.3) is 11.3 Å². The average Bonchev–Trinajstić information content (AvgIpc) is 3.09. The van der Waals surface area contributed by atoms with Crippen LogP contribution in [0.4, 0.5) is 13.6 Å². The third kappa shape index (κ3) is 4.26. The summed E-state index contributed by atoms with van der Waals surface area (Å²) in [5.41, 5.74) is 1.39. The summed E-state index contributed by atoms with van der Waals surface area (Å²) in [6.07, 6.45) is -0.599. The van der Waals surface area contributed by atoms with Crippen molar-refractivity contribution in [2.45, 2.75) is 25.3 Å². The molecule has 2 amide bonds. The molecule has 0 radical (unpaired) electrons. The molecular weight excluding hydrogens is 332 g/mol. The number of methoxy groups -OCH3 is 1. The van der Waals surface area contributed by atoms with Gasteiger partial charge in [0.25, 0.3) is 5.92 Å². The number of benzene rings is 1. The third-order valence-corrected chi connectivity index (χ3v) is 4.14. The van der Waals surface area contributed by atoms with Crippen LogP contribution in [0, 0.1) is 0 Å². The van der Waals surface area contributed by atoms with E-state index in [9.17, 15) is 13.6 Å². The van der Waals surface area contributed by atoms with Crippen LogP contribution in [0.3, 0.4) is 0 Å². The molecule has 0 unspecified atom stereocenters. The maximum atomic E-state index is 13.1. The second-order valence-corrected chi connectivity index (χ2v) is 5.91. The number of urea groups is 1. The zero-order chi connectivity index (χ0) is 17.9. The van der Waals surface area contributed by atoms with E-state index in [2.05, 4.69) is 10.5 Å². The fourth-order valence-corrected chi connectivity index (χ4v) is 2.60. The highest BCUT2D eigenvalue weighted by Gasteiger charge is 2.35. The lowest BCUT2D eigenvalue weighted by molar-refractivity contribution is -0.0469. The van der Waals surface area contributed by atoms with E-state index in [0.717, 1.165) is 11.3 Å². The second kappa shape index (κ2) is 7.08. The van der Waals surface area contributed by atoms with Crippen LogP contribution in [0.2, 0.25) is 0 Å². The quantitative estimate of drug-likeness (QED) is 0.918. The number of amides is 2. The number of nitrogens with one attached hydrogen (secondary N) is 1. The van der Waals surface area contributed by atoms with Gasteiger partial charge < -0.3 is 19.5 Å². The molecule has 1 aliphatic heterocycles. The number of carbonyl (C=O) groups is 1. The van der Waals surface area contributed by atoms with E-state index in [1.54, 1.807) is 13.2 Å². The molecule has 0 atom stereocenters. The first-order chi connectivity index (χ1) is 12.0. The van der Waals surface area contributed by atoms with Crippen LogP contribution in [-0.2, 0) is 6.54 Å². The summed E-state index contributed by atoms with van der Waals surface area (Å²) in [5.74, 6) is -1.36. The summed E-state index contributed by atoms with van der Waals surface area (Å²) >= 11 is 0. The molecule has 1 aromatic heterocycles. The van der Waals surface area contributed by atoms with Crippen molar-refractivity contribution >= 4 is 6.03 Å². The Morgan fingerprint density at radius 1 is 1.32 bits per heavy atom. The fraction of sp³-hybridized carbons (Fsp3) is 0.412. The molecule has 0 aliphatic carbocycles. The first kappa shape index (κ1) is 17.2. The zero-order valence-electron chi connectivity index (χ0n) is 13.8. The SMILES string of the molecule is COc1ccc(-c2cc(CNC(=O)N3CCC(F)(F)CC3)no2)cc1. The van der Waals surface area contributed by atoms with Gasteiger partial charge in [-0.1, -0.05) is 5.16 Å². The maximum Gasteiger partial charge on any atom is 0.317 e. The van der Waals surface area contributed by atoms with E-state index in [1.807, 2.05) is 24.3 Å². The van der Waals surface area contributed by atoms with Crippen molar-refractivity contribution in [3.63, 3.8) is 0 Å². The Bertz CT molecular complexity index is 721. The van der Waals surface area contributed by atoms with E-state index >= 15 is 0 Å². The van der Waals surface area contributed by atoms with E-state index in [-0.39, 0.29) is 38.5 Å². The number of alkyl halides is 2. The lowest BCUT2D eigenvalue weighted by Gasteiger charge is -2.31. The molecule has 1 saturated heterocycles. The highest BCUT2D eigenvalue weighted by molar-refractivity contribution is 5.74. The van der Waals surface area contributed by atoms with Gasteiger partial charge in [0.2, 0.25) is 0 Å². The van der Waals surface area contributed by atoms with Gasteiger partial charge in [0.15, 0.2) is 5.76 Å². The number of likely N-dealkylation sites (tertiary alicyclic amines) is 1. The van der Waals surface area contributed by atoms with E-state index < -0.39 is 5.92 Å². The van der Waals surface area contributed by atoms with Crippen LogP contribution >= 0.6 is 0 Å². The van der Waals surface area contributed by atoms with Gasteiger partial charge >= 0.3 is 6.03 Å². The van der Waals surface area contributed by atoms with Crippen molar-refractivity contribution < 1.29 is 22.8 Å². The molecule has 134 valence electrons. The third-order valence-electron chi connectivity index (χ3n) is 4.14. The molecule has 0 bridgehead atoms. The molecule has 3 rings (SSSR count). The first-order valence-corrected chi connectivity index (χ1v) is 7.97. The van der Waals surface area contributed by atoms with Gasteiger partial charge in [-0.15, -0.1) is 0 Å². The Balaban J connectivity index is 1.54. The molecule has 1 N–H and O–H groups in total. The van der Waals surface area contributed by atoms with Crippen LogP contribution in [-0.4, -0.2) is 42.2 Å². The normalized spacial score (nSPS) is 16.5. The van der Waals surface area contributed by atoms with Crippen molar-refractivity contribution in [2.24, 2.45) is 0 Å². The Kier molecular flexibility index (Phi) is 4.87. The number of aromatic nitrogens is 1. The first-order valence-electron chi connectivity index (χ1n) is 7.97. The number of halogens is 2. The van der Waals surface area contributed by atoms with Gasteiger partial charge in [0, 0.05) is 37.6 Å². The summed E-state index contributed by atoms with van der Waals surface area (Å²) in [5, 5.41) is 6.59. The smallest absolute Gasteiger partial charge is 0.317 e. The Labute approximate surface area is 143 Å². The molecule has 2 aromatic rings. The van der Waals surface area contributed by atoms with Crippen molar-refractivity contribution in [1.29, 1.82) is 0 Å². The number of hydrogen-bond donors (Lipinski definition) is 1. The number of hydrogen-bond acceptors (Lipinski definition) is 4. The zero-order valence-corrected chi connectivity index (χ0v) is 13.8. The lowest BCUT2D eigenvalue weighted by atomic mass is 10.1. The Morgan fingerprint density at radius 3 is 2.64 bits per heavy atom. The Morgan fingerprint density at radius 2 is 2.00 bits per heavy atom. The predicted octanol–water partition coefficient (Wildman–Crippen LogP) is 3.29. The van der Waals surface area contributed by atoms with Crippen molar-refractivity contribution in [2.75, 3.05) is 20.2 Å². The van der Waals surface area contributed by atoms with Crippen LogP contribution in [0.15, 0.2) is 34.9 Å². The monoisotopic (exact) mass is 351 g/mol. The molecule has 6 nitrogen and oxygen atoms in total. The van der Waals surface area contributed by atoms with Gasteiger partial charge in [0.05, 0.1) is 13.7 Å². The van der Waals surface area contributed by atoms with Crippen molar-refractivity contribution in [3.05, 3.63) is 36.0 Å². The van der Waals surface area contributed by atoms with Gasteiger partial charge in [-0.05, 0) is 24.3 Å². The topological polar surface area (TPSA) is 67.6 Å². The number of piperidine rings is 1. The molecule has 1 aliphatic rings. The van der Waals surface area contributed by atoms with Gasteiger partial charge in [-0.3, -0.25) is 0 Å². The summed E-state index contributed by atoms with van der Waals surface area (Å²) in [4.78, 5) is 13.4. The fourth-order valence-electron chi connectivity index (χ4n) is 2.60. The van der Waals surface area contributed by atoms with Gasteiger partial charge in [-0.2, -0.15) is 0 Å². The summed E-state index contributed by atoms with van der Waals surface area (Å²) in [7, 11) is 1.59. The molecule has 2 heterocycles. The number of ether oxygens (including phenoxy) is 1. The van der Waals surface area contributed by atoms with E-state index in [4.69, 9.17) is 9.26 Å². The molecule has 8 heteroatoms. The molecule has 0 spiro atoms. The van der Waals surface area contributed by atoms with E-state index in [0.29, 0.717) is 11.5 Å². The van der Waals surface area contributed by atoms with Gasteiger partial charge in [0.1, 0.15) is 11.4 Å². The van der Waals surface area contributed by atoms with Crippen molar-refractivity contribution in [3.8, 4) is 17.1 Å². The van der Waals surface area contributed by atoms with Crippen LogP contribution < -0.4 is 10.1 Å². The minimum atomic E-state index is -2.67. The maximum absolute atomic E-state index is 13.1. The van der Waals surface area contributed by atoms with Crippen LogP contribution in [0.5, 0.6) is 5.75 Å². The Hall–Kier alpha value is -2.64. The highest BCUT2D eigenvalue weighted by atomic mass is 19.3. The molecule has 0 saturated carbocycles. The summed E-state index contributed by atoms with van der Waals surface area (Å²) < 4.78 is 36.6. The predicted molar refractivity (Wildman–Crippen MR) is 86.5 cm³/mol. The van der Waals surface area contributed by atoms with Crippen molar-refractivity contribution in [1.82, 2.24) is 15.4 Å². The van der Waals surface area contributed by atoms with Gasteiger partial charge in [-0.25, -0.2) is 13.6 Å². The molecular formula is C17H19F2N3O3. The standard InChI is InChI=1S/C17H19F2N3O3/c1-24-14-4-2-12(3-5-14)15-10-13(21-25-15)11-20-16(23)22-8-6-17(18,19)7-9-22/h2-5,10H,6-9,11H2,1H3,(H,20,23). The lowest BCUT2D eigenvalue weighted by Crippen LogP contribution is -2.47. The van der Waals surface area contributed by atoms with E-state index in [1.165, 1.54) is 4.90 Å². The minimum Gasteiger partial charge on any atom is -0.497 e. The highest BCUT2D eigenvalue weighted by Crippen LogP contribution is 2.27. The average molecular weight is 351 g/mol. The second-order valence-electron chi connectivity index (χ2n) is 5.91. The largest absolute Gasteiger partial charge is 0.497 e. The molecule has 25 heavy (non-hydrogen) atoms. The number of rotatable bonds is 4. The minimum absolute atomic E-state index is 0.0503. The summed E-state index contributed by atoms with van der Waals surface area (Å²) in [6, 6.07) is 8.67. The molecule has 1 aromatic carbocycles.